The van der Waals surface area contributed by atoms with E-state index >= 15 is 0 Å². The molecule has 1 saturated heterocycles. The summed E-state index contributed by atoms with van der Waals surface area (Å²) in [7, 11) is 0. The average Bonchev–Trinajstić information content (AvgIpc) is 1.97. The summed E-state index contributed by atoms with van der Waals surface area (Å²) < 4.78 is 5.57. The highest BCUT2D eigenvalue weighted by Gasteiger charge is 2.32. The number of hydrogen-bond donors (Lipinski definition) is 0. The maximum atomic E-state index is 8.32. The van der Waals surface area contributed by atoms with Crippen LogP contribution in [0.1, 0.15) is 27.2 Å². The van der Waals surface area contributed by atoms with Gasteiger partial charge >= 0.3 is 0 Å². The van der Waals surface area contributed by atoms with Crippen molar-refractivity contribution < 1.29 is 4.74 Å². The van der Waals surface area contributed by atoms with Gasteiger partial charge in [0.25, 0.3) is 0 Å². The zero-order valence-corrected chi connectivity index (χ0v) is 7.82. The molecule has 0 aromatic heterocycles. The highest BCUT2D eigenvalue weighted by molar-refractivity contribution is 4.86. The number of ether oxygens (including phenoxy) is 1. The van der Waals surface area contributed by atoms with Gasteiger partial charge in [-0.05, 0) is 31.7 Å². The summed E-state index contributed by atoms with van der Waals surface area (Å²) in [6.07, 6.45) is 0.818. The van der Waals surface area contributed by atoms with E-state index in [-0.39, 0.29) is 11.6 Å². The largest absolute Gasteiger partial charge is 0.375 e. The zero-order valence-electron chi connectivity index (χ0n) is 7.82. The van der Waals surface area contributed by atoms with Gasteiger partial charge in [0.1, 0.15) is 0 Å². The molecule has 0 aliphatic carbocycles. The van der Waals surface area contributed by atoms with Crippen LogP contribution in [0.3, 0.4) is 0 Å². The lowest BCUT2D eigenvalue weighted by Gasteiger charge is -2.37. The lowest BCUT2D eigenvalue weighted by molar-refractivity contribution is -0.0806. The second kappa shape index (κ2) is 3.33. The van der Waals surface area contributed by atoms with Crippen LogP contribution in [0.15, 0.2) is 5.11 Å². The first-order valence-corrected chi connectivity index (χ1v) is 4.23. The van der Waals surface area contributed by atoms with Crippen LogP contribution in [0.4, 0.5) is 0 Å². The lowest BCUT2D eigenvalue weighted by Crippen LogP contribution is -2.40. The van der Waals surface area contributed by atoms with Crippen LogP contribution in [-0.2, 0) is 4.74 Å². The predicted molar refractivity (Wildman–Crippen MR) is 46.7 cm³/mol. The van der Waals surface area contributed by atoms with Crippen molar-refractivity contribution in [3.63, 3.8) is 0 Å². The average molecular weight is 169 g/mol. The molecule has 0 saturated carbocycles. The SMILES string of the molecule is C[C@@H]1COC(C)(C)C[C@H]1N=[N+]=[N-]. The topological polar surface area (TPSA) is 58.0 Å². The van der Waals surface area contributed by atoms with Gasteiger partial charge in [0, 0.05) is 11.0 Å². The van der Waals surface area contributed by atoms with Crippen molar-refractivity contribution in [2.75, 3.05) is 6.61 Å². The molecule has 68 valence electrons. The standard InChI is InChI=1S/C8H15N3O/c1-6-5-12-8(2,3)4-7(6)10-11-9/h6-7H,4-5H2,1-3H3/t6-,7-/m1/s1. The molecular formula is C8H15N3O. The summed E-state index contributed by atoms with van der Waals surface area (Å²) in [5.74, 6) is 0.342. The maximum Gasteiger partial charge on any atom is 0.0630 e. The van der Waals surface area contributed by atoms with Gasteiger partial charge < -0.3 is 4.74 Å². The summed E-state index contributed by atoms with van der Waals surface area (Å²) in [6, 6.07) is 0.0961. The lowest BCUT2D eigenvalue weighted by atomic mass is 9.88. The molecule has 0 aromatic carbocycles. The van der Waals surface area contributed by atoms with Crippen LogP contribution < -0.4 is 0 Å². The third-order valence-electron chi connectivity index (χ3n) is 2.29. The second-order valence-electron chi connectivity index (χ2n) is 4.02. The van der Waals surface area contributed by atoms with Gasteiger partial charge in [-0.25, -0.2) is 0 Å². The minimum absolute atomic E-state index is 0.0961. The Kier molecular flexibility index (Phi) is 2.60. The van der Waals surface area contributed by atoms with E-state index in [0.717, 1.165) is 6.42 Å². The Morgan fingerprint density at radius 2 is 2.25 bits per heavy atom. The second-order valence-corrected chi connectivity index (χ2v) is 4.02. The first-order valence-electron chi connectivity index (χ1n) is 4.23. The smallest absolute Gasteiger partial charge is 0.0630 e. The van der Waals surface area contributed by atoms with Crippen LogP contribution in [0.25, 0.3) is 10.4 Å². The monoisotopic (exact) mass is 169 g/mol. The summed E-state index contributed by atoms with van der Waals surface area (Å²) in [5.41, 5.74) is 8.19. The van der Waals surface area contributed by atoms with E-state index < -0.39 is 0 Å². The van der Waals surface area contributed by atoms with Crippen molar-refractivity contribution in [3.8, 4) is 0 Å². The molecule has 0 spiro atoms. The van der Waals surface area contributed by atoms with Crippen LogP contribution in [0.5, 0.6) is 0 Å². The molecule has 4 nitrogen and oxygen atoms in total. The number of azide groups is 1. The van der Waals surface area contributed by atoms with Gasteiger partial charge in [0.15, 0.2) is 0 Å². The fraction of sp³-hybridized carbons (Fsp3) is 1.00. The van der Waals surface area contributed by atoms with Gasteiger partial charge in [-0.2, -0.15) is 0 Å². The van der Waals surface area contributed by atoms with Crippen LogP contribution >= 0.6 is 0 Å². The zero-order chi connectivity index (χ0) is 9.19. The molecular weight excluding hydrogens is 154 g/mol. The van der Waals surface area contributed by atoms with Crippen LogP contribution in [0, 0.1) is 5.92 Å². The quantitative estimate of drug-likeness (QED) is 0.338. The number of rotatable bonds is 1. The molecule has 12 heavy (non-hydrogen) atoms. The normalized spacial score (nSPS) is 33.9. The van der Waals surface area contributed by atoms with Gasteiger partial charge in [-0.3, -0.25) is 0 Å². The van der Waals surface area contributed by atoms with E-state index in [4.69, 9.17) is 10.3 Å². The van der Waals surface area contributed by atoms with E-state index in [1.807, 2.05) is 13.8 Å². The molecule has 1 rings (SSSR count). The number of nitrogens with zero attached hydrogens (tertiary/aromatic N) is 3. The highest BCUT2D eigenvalue weighted by atomic mass is 16.5. The Labute approximate surface area is 72.5 Å². The van der Waals surface area contributed by atoms with Gasteiger partial charge in [-0.1, -0.05) is 12.0 Å². The molecule has 2 atom stereocenters. The summed E-state index contributed by atoms with van der Waals surface area (Å²) in [4.78, 5) is 2.84. The fourth-order valence-electron chi connectivity index (χ4n) is 1.45. The minimum Gasteiger partial charge on any atom is -0.375 e. The summed E-state index contributed by atoms with van der Waals surface area (Å²) in [6.45, 7) is 6.79. The molecule has 1 heterocycles. The van der Waals surface area contributed by atoms with E-state index in [1.165, 1.54) is 0 Å². The van der Waals surface area contributed by atoms with Gasteiger partial charge in [0.05, 0.1) is 12.2 Å². The summed E-state index contributed by atoms with van der Waals surface area (Å²) >= 11 is 0. The first kappa shape index (κ1) is 9.36. The Bertz CT molecular complexity index is 208. The minimum atomic E-state index is -0.134. The van der Waals surface area contributed by atoms with E-state index in [0.29, 0.717) is 12.5 Å². The Morgan fingerprint density at radius 3 is 2.83 bits per heavy atom. The molecule has 0 bridgehead atoms. The molecule has 0 aromatic rings. The Morgan fingerprint density at radius 1 is 1.58 bits per heavy atom. The van der Waals surface area contributed by atoms with Crippen molar-refractivity contribution in [3.05, 3.63) is 10.4 Å². The molecule has 1 aliphatic rings. The first-order chi connectivity index (χ1) is 5.55. The van der Waals surface area contributed by atoms with E-state index in [9.17, 15) is 0 Å². The summed E-state index contributed by atoms with van der Waals surface area (Å²) in [5, 5.41) is 3.76. The van der Waals surface area contributed by atoms with Crippen molar-refractivity contribution in [1.82, 2.24) is 0 Å². The molecule has 1 fully saturated rings. The Hall–Kier alpha value is -0.730. The van der Waals surface area contributed by atoms with Crippen molar-refractivity contribution >= 4 is 0 Å². The molecule has 4 heteroatoms. The van der Waals surface area contributed by atoms with Crippen LogP contribution in [-0.4, -0.2) is 18.2 Å². The van der Waals surface area contributed by atoms with Crippen molar-refractivity contribution in [1.29, 1.82) is 0 Å². The van der Waals surface area contributed by atoms with Gasteiger partial charge in [0.2, 0.25) is 0 Å². The van der Waals surface area contributed by atoms with Crippen LogP contribution in [0.2, 0.25) is 0 Å². The van der Waals surface area contributed by atoms with Crippen molar-refractivity contribution in [2.45, 2.75) is 38.8 Å². The fourth-order valence-corrected chi connectivity index (χ4v) is 1.45. The molecule has 0 unspecified atom stereocenters. The highest BCUT2D eigenvalue weighted by Crippen LogP contribution is 2.29. The molecule has 0 radical (unpaired) electrons. The van der Waals surface area contributed by atoms with Gasteiger partial charge in [-0.15, -0.1) is 0 Å². The van der Waals surface area contributed by atoms with E-state index in [1.54, 1.807) is 0 Å². The predicted octanol–water partition coefficient (Wildman–Crippen LogP) is 2.50. The van der Waals surface area contributed by atoms with E-state index in [2.05, 4.69) is 16.9 Å². The number of hydrogen-bond acceptors (Lipinski definition) is 2. The Balaban J connectivity index is 2.65. The molecule has 1 aliphatic heterocycles. The third kappa shape index (κ3) is 2.13. The molecule has 0 N–H and O–H groups in total. The third-order valence-corrected chi connectivity index (χ3v) is 2.29. The van der Waals surface area contributed by atoms with Crippen molar-refractivity contribution in [2.24, 2.45) is 11.0 Å². The molecule has 0 amide bonds. The maximum absolute atomic E-state index is 8.32.